The van der Waals surface area contributed by atoms with Gasteiger partial charge in [0.2, 0.25) is 0 Å². The molecule has 4 aromatic rings. The summed E-state index contributed by atoms with van der Waals surface area (Å²) in [4.78, 5) is 24.8. The number of ether oxygens (including phenoxy) is 1. The highest BCUT2D eigenvalue weighted by molar-refractivity contribution is 5.94. The van der Waals surface area contributed by atoms with Crippen molar-refractivity contribution in [3.05, 3.63) is 97.5 Å². The van der Waals surface area contributed by atoms with Crippen LogP contribution in [0.25, 0.3) is 29.7 Å². The fraction of sp³-hybridized carbons (Fsp3) is 0.120. The van der Waals surface area contributed by atoms with Gasteiger partial charge < -0.3 is 9.15 Å². The van der Waals surface area contributed by atoms with Crippen LogP contribution in [-0.4, -0.2) is 15.7 Å². The van der Waals surface area contributed by atoms with Crippen LogP contribution in [0.5, 0.6) is 0 Å². The van der Waals surface area contributed by atoms with E-state index in [1.807, 2.05) is 50.2 Å². The van der Waals surface area contributed by atoms with Crippen molar-refractivity contribution in [3.8, 4) is 17.0 Å². The van der Waals surface area contributed by atoms with Crippen LogP contribution in [0.2, 0.25) is 0 Å². The summed E-state index contributed by atoms with van der Waals surface area (Å²) < 4.78 is 12.5. The van der Waals surface area contributed by atoms with Crippen LogP contribution in [0.3, 0.4) is 0 Å². The Bertz CT molecular complexity index is 1520. The van der Waals surface area contributed by atoms with Gasteiger partial charge in [-0.2, -0.15) is 0 Å². The number of esters is 1. The molecule has 6 nitrogen and oxygen atoms in total. The van der Waals surface area contributed by atoms with E-state index in [2.05, 4.69) is 11.7 Å². The number of fused-ring (bicyclic) bond motifs is 1. The molecule has 154 valence electrons. The van der Waals surface area contributed by atoms with Gasteiger partial charge in [0.05, 0.1) is 21.8 Å². The molecule has 1 aliphatic rings. The maximum Gasteiger partial charge on any atom is 0.338 e. The number of rotatable bonds is 3. The van der Waals surface area contributed by atoms with Crippen LogP contribution in [0.1, 0.15) is 32.8 Å². The summed E-state index contributed by atoms with van der Waals surface area (Å²) in [5, 5.41) is 3.97. The Kier molecular flexibility index (Phi) is 4.29. The smallest absolute Gasteiger partial charge is 0.338 e. The highest BCUT2D eigenvalue weighted by atomic mass is 16.5. The zero-order valence-corrected chi connectivity index (χ0v) is 17.2. The first-order valence-corrected chi connectivity index (χ1v) is 9.90. The predicted molar refractivity (Wildman–Crippen MR) is 117 cm³/mol. The molecule has 2 aromatic heterocycles. The van der Waals surface area contributed by atoms with Gasteiger partial charge >= 0.3 is 5.97 Å². The average Bonchev–Trinajstić information content (AvgIpc) is 3.45. The van der Waals surface area contributed by atoms with Gasteiger partial charge in [0.25, 0.3) is 5.56 Å². The fourth-order valence-corrected chi connectivity index (χ4v) is 3.69. The van der Waals surface area contributed by atoms with Crippen LogP contribution in [0.4, 0.5) is 0 Å². The van der Waals surface area contributed by atoms with Gasteiger partial charge in [-0.15, -0.1) is 0 Å². The SMILES string of the molecule is C=c1[nH]n(-c2ccc(C)c(C)c2)c(=O)/c1=C/c1ccc(-c2ccc3c(c2)C(=O)OC3)o1. The molecule has 0 aliphatic carbocycles. The number of nitrogens with zero attached hydrogens (tertiary/aromatic N) is 1. The quantitative estimate of drug-likeness (QED) is 0.525. The van der Waals surface area contributed by atoms with Gasteiger partial charge in [0.15, 0.2) is 0 Å². The molecule has 0 atom stereocenters. The number of aromatic nitrogens is 2. The van der Waals surface area contributed by atoms with Crippen LogP contribution in [0.15, 0.2) is 57.7 Å². The van der Waals surface area contributed by atoms with E-state index in [-0.39, 0.29) is 11.5 Å². The van der Waals surface area contributed by atoms with Crippen molar-refractivity contribution in [2.45, 2.75) is 20.5 Å². The third-order valence-corrected chi connectivity index (χ3v) is 5.64. The highest BCUT2D eigenvalue weighted by Gasteiger charge is 2.21. The summed E-state index contributed by atoms with van der Waals surface area (Å²) in [6, 6.07) is 15.0. The van der Waals surface area contributed by atoms with Crippen LogP contribution in [0, 0.1) is 13.8 Å². The summed E-state index contributed by atoms with van der Waals surface area (Å²) in [6.45, 7) is 8.32. The molecule has 0 spiro atoms. The standard InChI is InChI=1S/C25H20N2O4/c1-14-4-7-19(10-15(14)2)27-24(28)21(16(3)26-27)12-20-8-9-23(31-20)17-5-6-18-13-30-25(29)22(18)11-17/h4-12,26H,3,13H2,1-2H3/b21-12+. The van der Waals surface area contributed by atoms with Crippen LogP contribution in [-0.2, 0) is 11.3 Å². The minimum Gasteiger partial charge on any atom is -0.457 e. The number of cyclic esters (lactones) is 1. The second-order valence-corrected chi connectivity index (χ2v) is 7.71. The molecule has 1 N–H and O–H groups in total. The lowest BCUT2D eigenvalue weighted by Gasteiger charge is -2.04. The number of carbonyl (C=O) groups excluding carboxylic acids is 1. The van der Waals surface area contributed by atoms with Crippen LogP contribution < -0.4 is 16.1 Å². The lowest BCUT2D eigenvalue weighted by Crippen LogP contribution is -2.33. The van der Waals surface area contributed by atoms with Crippen molar-refractivity contribution in [1.29, 1.82) is 0 Å². The Hall–Kier alpha value is -4.06. The van der Waals surface area contributed by atoms with Crippen LogP contribution >= 0.6 is 0 Å². The molecule has 31 heavy (non-hydrogen) atoms. The Morgan fingerprint density at radius 1 is 1.03 bits per heavy atom. The number of hydrogen-bond acceptors (Lipinski definition) is 4. The number of carbonyl (C=O) groups is 1. The predicted octanol–water partition coefficient (Wildman–Crippen LogP) is 2.95. The van der Waals surface area contributed by atoms with E-state index in [0.29, 0.717) is 34.3 Å². The third kappa shape index (κ3) is 3.22. The molecule has 0 radical (unpaired) electrons. The first-order chi connectivity index (χ1) is 14.9. The normalized spacial score (nSPS) is 13.5. The highest BCUT2D eigenvalue weighted by Crippen LogP contribution is 2.28. The molecule has 1 aliphatic heterocycles. The molecule has 6 heteroatoms. The molecule has 0 amide bonds. The van der Waals surface area contributed by atoms with Crippen molar-refractivity contribution in [1.82, 2.24) is 9.78 Å². The van der Waals surface area contributed by atoms with E-state index in [4.69, 9.17) is 9.15 Å². The van der Waals surface area contributed by atoms with Crippen molar-refractivity contribution in [2.24, 2.45) is 0 Å². The molecule has 5 rings (SSSR count). The summed E-state index contributed by atoms with van der Waals surface area (Å²) in [5.74, 6) is 0.798. The van der Waals surface area contributed by atoms with Gasteiger partial charge in [-0.1, -0.05) is 24.8 Å². The maximum absolute atomic E-state index is 13.0. The lowest BCUT2D eigenvalue weighted by atomic mass is 10.0. The zero-order valence-electron chi connectivity index (χ0n) is 17.2. The van der Waals surface area contributed by atoms with Gasteiger partial charge in [-0.05, 0) is 61.4 Å². The van der Waals surface area contributed by atoms with Gasteiger partial charge in [0.1, 0.15) is 18.1 Å². The third-order valence-electron chi connectivity index (χ3n) is 5.64. The molecule has 0 saturated carbocycles. The van der Waals surface area contributed by atoms with E-state index < -0.39 is 0 Å². The van der Waals surface area contributed by atoms with E-state index in [0.717, 1.165) is 27.9 Å². The number of furan rings is 1. The largest absolute Gasteiger partial charge is 0.457 e. The Labute approximate surface area is 177 Å². The summed E-state index contributed by atoms with van der Waals surface area (Å²) >= 11 is 0. The number of hydrogen-bond donors (Lipinski definition) is 1. The van der Waals surface area contributed by atoms with Gasteiger partial charge in [0, 0.05) is 11.1 Å². The Morgan fingerprint density at radius 3 is 2.68 bits per heavy atom. The first kappa shape index (κ1) is 18.9. The zero-order chi connectivity index (χ0) is 21.7. The summed E-state index contributed by atoms with van der Waals surface area (Å²) in [7, 11) is 0. The van der Waals surface area contributed by atoms with E-state index in [1.165, 1.54) is 4.68 Å². The van der Waals surface area contributed by atoms with Crippen molar-refractivity contribution >= 4 is 18.6 Å². The van der Waals surface area contributed by atoms with Crippen molar-refractivity contribution in [2.75, 3.05) is 0 Å². The monoisotopic (exact) mass is 412 g/mol. The molecule has 0 unspecified atom stereocenters. The molecule has 0 bridgehead atoms. The Balaban J connectivity index is 1.54. The number of aromatic amines is 1. The minimum absolute atomic E-state index is 0.202. The lowest BCUT2D eigenvalue weighted by molar-refractivity contribution is 0.0535. The molecule has 2 aromatic carbocycles. The number of aryl methyl sites for hydroxylation is 2. The summed E-state index contributed by atoms with van der Waals surface area (Å²) in [5.41, 5.74) is 5.01. The van der Waals surface area contributed by atoms with E-state index in [1.54, 1.807) is 18.2 Å². The van der Waals surface area contributed by atoms with E-state index >= 15 is 0 Å². The van der Waals surface area contributed by atoms with E-state index in [9.17, 15) is 9.59 Å². The second kappa shape index (κ2) is 7.02. The molecule has 3 heterocycles. The number of H-pyrrole nitrogens is 1. The molecule has 0 fully saturated rings. The number of benzene rings is 2. The fourth-order valence-electron chi connectivity index (χ4n) is 3.69. The van der Waals surface area contributed by atoms with Gasteiger partial charge in [-0.25, -0.2) is 9.48 Å². The van der Waals surface area contributed by atoms with Crippen molar-refractivity contribution < 1.29 is 13.9 Å². The maximum atomic E-state index is 13.0. The molecule has 0 saturated heterocycles. The molecular formula is C25H20N2O4. The Morgan fingerprint density at radius 2 is 1.87 bits per heavy atom. The van der Waals surface area contributed by atoms with Gasteiger partial charge in [-0.3, -0.25) is 9.89 Å². The summed E-state index contributed by atoms with van der Waals surface area (Å²) in [6.07, 6.45) is 1.67. The first-order valence-electron chi connectivity index (χ1n) is 9.90. The topological polar surface area (TPSA) is 77.2 Å². The second-order valence-electron chi connectivity index (χ2n) is 7.71. The molecular weight excluding hydrogens is 392 g/mol. The van der Waals surface area contributed by atoms with Crippen molar-refractivity contribution in [3.63, 3.8) is 0 Å². The average molecular weight is 412 g/mol. The number of nitrogens with one attached hydrogen (secondary N) is 1. The minimum atomic E-state index is -0.323.